The van der Waals surface area contributed by atoms with Gasteiger partial charge in [-0.1, -0.05) is 17.7 Å². The van der Waals surface area contributed by atoms with Crippen LogP contribution in [0.25, 0.3) is 0 Å². The molecule has 1 aromatic rings. The number of nitrogens with one attached hydrogen (secondary N) is 1. The van der Waals surface area contributed by atoms with E-state index in [9.17, 15) is 0 Å². The van der Waals surface area contributed by atoms with Crippen molar-refractivity contribution in [3.63, 3.8) is 0 Å². The fourth-order valence-electron chi connectivity index (χ4n) is 3.69. The molecule has 0 radical (unpaired) electrons. The predicted octanol–water partition coefficient (Wildman–Crippen LogP) is 4.22. The highest BCUT2D eigenvalue weighted by Crippen LogP contribution is 2.28. The van der Waals surface area contributed by atoms with Gasteiger partial charge in [0.2, 0.25) is 0 Å². The number of aryl methyl sites for hydroxylation is 3. The lowest BCUT2D eigenvalue weighted by Crippen LogP contribution is -2.44. The molecular weight excluding hydrogens is 246 g/mol. The zero-order chi connectivity index (χ0) is 14.9. The van der Waals surface area contributed by atoms with Crippen LogP contribution >= 0.6 is 0 Å². The van der Waals surface area contributed by atoms with Gasteiger partial charge in [-0.05, 0) is 71.1 Å². The van der Waals surface area contributed by atoms with Gasteiger partial charge in [-0.25, -0.2) is 0 Å². The molecule has 20 heavy (non-hydrogen) atoms. The lowest BCUT2D eigenvalue weighted by molar-refractivity contribution is -0.0640. The van der Waals surface area contributed by atoms with Crippen LogP contribution in [0.5, 0.6) is 0 Å². The van der Waals surface area contributed by atoms with E-state index in [0.717, 1.165) is 19.4 Å². The molecule has 1 aliphatic rings. The molecule has 2 heteroatoms. The molecule has 0 saturated carbocycles. The van der Waals surface area contributed by atoms with E-state index in [1.54, 1.807) is 0 Å². The lowest BCUT2D eigenvalue weighted by atomic mass is 9.91. The fraction of sp³-hybridized carbons (Fsp3) is 0.667. The number of ether oxygens (including phenoxy) is 1. The first-order valence-corrected chi connectivity index (χ1v) is 7.76. The van der Waals surface area contributed by atoms with Gasteiger partial charge in [0.25, 0.3) is 0 Å². The number of rotatable bonds is 3. The molecule has 0 spiro atoms. The summed E-state index contributed by atoms with van der Waals surface area (Å²) in [5, 5.41) is 3.81. The fourth-order valence-corrected chi connectivity index (χ4v) is 3.69. The van der Waals surface area contributed by atoms with E-state index in [0.29, 0.717) is 12.1 Å². The van der Waals surface area contributed by atoms with Gasteiger partial charge in [0.1, 0.15) is 0 Å². The summed E-state index contributed by atoms with van der Waals surface area (Å²) in [6, 6.07) is 5.52. The first-order valence-electron chi connectivity index (χ1n) is 7.76. The minimum Gasteiger partial charge on any atom is -0.375 e. The highest BCUT2D eigenvalue weighted by molar-refractivity contribution is 5.39. The minimum atomic E-state index is 0.00695. The van der Waals surface area contributed by atoms with Crippen molar-refractivity contribution in [2.24, 2.45) is 0 Å². The van der Waals surface area contributed by atoms with Gasteiger partial charge in [0, 0.05) is 18.7 Å². The quantitative estimate of drug-likeness (QED) is 0.891. The second-order valence-corrected chi connectivity index (χ2v) is 7.00. The van der Waals surface area contributed by atoms with Crippen LogP contribution in [0, 0.1) is 20.8 Å². The van der Waals surface area contributed by atoms with Crippen molar-refractivity contribution < 1.29 is 4.74 Å². The van der Waals surface area contributed by atoms with Crippen molar-refractivity contribution in [3.8, 4) is 0 Å². The molecule has 2 atom stereocenters. The summed E-state index contributed by atoms with van der Waals surface area (Å²) < 4.78 is 5.81. The molecule has 2 unspecified atom stereocenters. The van der Waals surface area contributed by atoms with Gasteiger partial charge in [-0.15, -0.1) is 0 Å². The van der Waals surface area contributed by atoms with Crippen LogP contribution in [0.2, 0.25) is 0 Å². The molecule has 0 aromatic heterocycles. The first kappa shape index (κ1) is 15.5. The number of hydrogen-bond donors (Lipinski definition) is 1. The van der Waals surface area contributed by atoms with Crippen LogP contribution in [-0.2, 0) is 4.74 Å². The number of benzene rings is 1. The minimum absolute atomic E-state index is 0.00695. The molecule has 1 N–H and O–H groups in total. The molecule has 2 rings (SSSR count). The van der Waals surface area contributed by atoms with Crippen LogP contribution in [-0.4, -0.2) is 18.2 Å². The molecule has 1 fully saturated rings. The zero-order valence-electron chi connectivity index (χ0n) is 13.8. The largest absolute Gasteiger partial charge is 0.375 e. The highest BCUT2D eigenvalue weighted by Gasteiger charge is 2.29. The maximum Gasteiger partial charge on any atom is 0.0641 e. The van der Waals surface area contributed by atoms with Crippen LogP contribution in [0.15, 0.2) is 12.1 Å². The Labute approximate surface area is 123 Å². The Morgan fingerprint density at radius 3 is 2.35 bits per heavy atom. The molecule has 1 saturated heterocycles. The standard InChI is InChI=1S/C18H29NO/c1-12-9-13(2)17(14(3)10-12)15(4)19-16-7-8-20-18(5,6)11-16/h9-10,15-16,19H,7-8,11H2,1-6H3. The Morgan fingerprint density at radius 2 is 1.80 bits per heavy atom. The Bertz CT molecular complexity index is 455. The summed E-state index contributed by atoms with van der Waals surface area (Å²) in [7, 11) is 0. The van der Waals surface area contributed by atoms with Crippen molar-refractivity contribution in [1.29, 1.82) is 0 Å². The molecule has 1 aliphatic heterocycles. The van der Waals surface area contributed by atoms with Gasteiger partial charge in [0.15, 0.2) is 0 Å². The zero-order valence-corrected chi connectivity index (χ0v) is 13.8. The van der Waals surface area contributed by atoms with E-state index in [1.165, 1.54) is 22.3 Å². The molecule has 1 heterocycles. The van der Waals surface area contributed by atoms with Crippen LogP contribution in [0.4, 0.5) is 0 Å². The topological polar surface area (TPSA) is 21.3 Å². The SMILES string of the molecule is Cc1cc(C)c(C(C)NC2CCOC(C)(C)C2)c(C)c1. The van der Waals surface area contributed by atoms with Crippen LogP contribution in [0.3, 0.4) is 0 Å². The first-order chi connectivity index (χ1) is 9.28. The van der Waals surface area contributed by atoms with Crippen molar-refractivity contribution in [2.75, 3.05) is 6.61 Å². The third-order valence-electron chi connectivity index (χ3n) is 4.35. The normalized spacial score (nSPS) is 23.6. The molecule has 0 bridgehead atoms. The maximum atomic E-state index is 5.81. The molecule has 0 amide bonds. The highest BCUT2D eigenvalue weighted by atomic mass is 16.5. The van der Waals surface area contributed by atoms with E-state index < -0.39 is 0 Å². The van der Waals surface area contributed by atoms with Gasteiger partial charge in [0.05, 0.1) is 5.60 Å². The summed E-state index contributed by atoms with van der Waals surface area (Å²) in [6.07, 6.45) is 2.19. The Kier molecular flexibility index (Phi) is 4.55. The summed E-state index contributed by atoms with van der Waals surface area (Å²) in [4.78, 5) is 0. The second kappa shape index (κ2) is 5.87. The van der Waals surface area contributed by atoms with Gasteiger partial charge >= 0.3 is 0 Å². The third kappa shape index (κ3) is 3.62. The molecule has 112 valence electrons. The lowest BCUT2D eigenvalue weighted by Gasteiger charge is -2.37. The van der Waals surface area contributed by atoms with Crippen molar-refractivity contribution in [3.05, 3.63) is 34.4 Å². The Balaban J connectivity index is 2.10. The molecule has 1 aromatic carbocycles. The summed E-state index contributed by atoms with van der Waals surface area (Å²) in [6.45, 7) is 14.1. The third-order valence-corrected chi connectivity index (χ3v) is 4.35. The summed E-state index contributed by atoms with van der Waals surface area (Å²) in [5.74, 6) is 0. The Morgan fingerprint density at radius 1 is 1.20 bits per heavy atom. The van der Waals surface area contributed by atoms with Crippen LogP contribution in [0.1, 0.15) is 61.9 Å². The second-order valence-electron chi connectivity index (χ2n) is 7.00. The number of hydrogen-bond acceptors (Lipinski definition) is 2. The van der Waals surface area contributed by atoms with Crippen molar-refractivity contribution >= 4 is 0 Å². The Hall–Kier alpha value is -0.860. The van der Waals surface area contributed by atoms with Gasteiger partial charge in [-0.3, -0.25) is 0 Å². The summed E-state index contributed by atoms with van der Waals surface area (Å²) in [5.41, 5.74) is 5.61. The van der Waals surface area contributed by atoms with E-state index in [1.807, 2.05) is 0 Å². The van der Waals surface area contributed by atoms with Gasteiger partial charge in [-0.2, -0.15) is 0 Å². The van der Waals surface area contributed by atoms with E-state index in [2.05, 4.69) is 59.0 Å². The average Bonchev–Trinajstić information content (AvgIpc) is 2.25. The summed E-state index contributed by atoms with van der Waals surface area (Å²) >= 11 is 0. The monoisotopic (exact) mass is 275 g/mol. The van der Waals surface area contributed by atoms with E-state index >= 15 is 0 Å². The molecule has 0 aliphatic carbocycles. The van der Waals surface area contributed by atoms with Crippen molar-refractivity contribution in [1.82, 2.24) is 5.32 Å². The predicted molar refractivity (Wildman–Crippen MR) is 85.3 cm³/mol. The van der Waals surface area contributed by atoms with E-state index in [-0.39, 0.29) is 5.60 Å². The smallest absolute Gasteiger partial charge is 0.0641 e. The average molecular weight is 275 g/mol. The molecule has 2 nitrogen and oxygen atoms in total. The van der Waals surface area contributed by atoms with Crippen LogP contribution < -0.4 is 5.32 Å². The van der Waals surface area contributed by atoms with E-state index in [4.69, 9.17) is 4.74 Å². The van der Waals surface area contributed by atoms with Gasteiger partial charge < -0.3 is 10.1 Å². The maximum absolute atomic E-state index is 5.81. The van der Waals surface area contributed by atoms with Crippen molar-refractivity contribution in [2.45, 2.75) is 72.1 Å². The molecular formula is C18H29NO.